The Bertz CT molecular complexity index is 1210. The van der Waals surface area contributed by atoms with Gasteiger partial charge in [0.2, 0.25) is 0 Å². The molecule has 208 valence electrons. The predicted octanol–water partition coefficient (Wildman–Crippen LogP) is 6.85. The van der Waals surface area contributed by atoms with Gasteiger partial charge in [-0.2, -0.15) is 10.5 Å². The third-order valence-corrected chi connectivity index (χ3v) is 8.76. The number of halogens is 3. The molecule has 0 saturated heterocycles. The number of nitrogens with zero attached hydrogens (tertiary/aromatic N) is 2. The van der Waals surface area contributed by atoms with Gasteiger partial charge in [0.05, 0.1) is 5.56 Å². The van der Waals surface area contributed by atoms with Crippen molar-refractivity contribution in [1.29, 1.82) is 0 Å². The van der Waals surface area contributed by atoms with Crippen LogP contribution in [0.15, 0.2) is 46.4 Å². The van der Waals surface area contributed by atoms with Crippen molar-refractivity contribution in [2.45, 2.75) is 82.8 Å². The zero-order valence-corrected chi connectivity index (χ0v) is 24.6. The van der Waals surface area contributed by atoms with Gasteiger partial charge >= 0.3 is 0 Å². The van der Waals surface area contributed by atoms with Crippen LogP contribution in [0.5, 0.6) is 0 Å². The molecule has 4 rings (SSSR count). The lowest BCUT2D eigenvalue weighted by Gasteiger charge is -2.49. The molecule has 2 unspecified atom stereocenters. The van der Waals surface area contributed by atoms with Gasteiger partial charge in [-0.15, -0.1) is 0 Å². The van der Waals surface area contributed by atoms with Gasteiger partial charge in [-0.05, 0) is 88.1 Å². The molecular formula is C29H38ClF2N3O2S. The van der Waals surface area contributed by atoms with Gasteiger partial charge in [0.15, 0.2) is 5.84 Å². The first-order valence-corrected chi connectivity index (χ1v) is 14.7. The Morgan fingerprint density at radius 1 is 1.29 bits per heavy atom. The molecule has 0 aromatic heterocycles. The van der Waals surface area contributed by atoms with Crippen LogP contribution in [-0.2, 0) is 16.1 Å². The largest absolute Gasteiger partial charge is 0.351 e. The number of Topliss-reactive ketones (excluding diaryl/α,β-unsaturated/α-hetero) is 1. The summed E-state index contributed by atoms with van der Waals surface area (Å²) < 4.78 is 28.9. The van der Waals surface area contributed by atoms with Crippen molar-refractivity contribution in [3.8, 4) is 0 Å². The zero-order chi connectivity index (χ0) is 28.3. The smallest absolute Gasteiger partial charge is 0.257 e. The summed E-state index contributed by atoms with van der Waals surface area (Å²) in [6.45, 7) is 9.11. The first-order chi connectivity index (χ1) is 17.7. The van der Waals surface area contributed by atoms with E-state index in [1.807, 2.05) is 38.1 Å². The highest BCUT2D eigenvalue weighted by Crippen LogP contribution is 2.44. The maximum absolute atomic E-state index is 14.9. The van der Waals surface area contributed by atoms with Gasteiger partial charge in [-0.1, -0.05) is 41.7 Å². The molecule has 5 nitrogen and oxygen atoms in total. The second kappa shape index (κ2) is 12.3. The Morgan fingerprint density at radius 2 is 1.92 bits per heavy atom. The number of rotatable bonds is 8. The van der Waals surface area contributed by atoms with E-state index < -0.39 is 28.3 Å². The van der Waals surface area contributed by atoms with Crippen molar-refractivity contribution in [1.82, 2.24) is 10.2 Å². The summed E-state index contributed by atoms with van der Waals surface area (Å²) in [4.78, 5) is 19.2. The fraction of sp³-hybridized carbons (Fsp3) is 0.483. The van der Waals surface area contributed by atoms with Crippen molar-refractivity contribution in [2.75, 3.05) is 12.8 Å². The van der Waals surface area contributed by atoms with Gasteiger partial charge in [0.25, 0.3) is 6.35 Å². The van der Waals surface area contributed by atoms with E-state index in [1.165, 1.54) is 11.6 Å². The summed E-state index contributed by atoms with van der Waals surface area (Å²) in [5.74, 6) is 4.79. The van der Waals surface area contributed by atoms with Gasteiger partial charge in [-0.3, -0.25) is 10.1 Å². The van der Waals surface area contributed by atoms with Crippen LogP contribution >= 0.6 is 22.1 Å². The molecule has 0 bridgehead atoms. The number of ketones is 1. The molecule has 1 saturated carbocycles. The summed E-state index contributed by atoms with van der Waals surface area (Å²) >= 11 is 5.67. The van der Waals surface area contributed by atoms with Crippen LogP contribution in [0.25, 0.3) is 0 Å². The van der Waals surface area contributed by atoms with E-state index in [0.717, 1.165) is 21.9 Å². The maximum Gasteiger partial charge on any atom is 0.257 e. The summed E-state index contributed by atoms with van der Waals surface area (Å²) in [6, 6.07) is 11.2. The number of aryl methyl sites for hydroxylation is 2. The summed E-state index contributed by atoms with van der Waals surface area (Å²) in [6.07, 6.45) is 1.71. The summed E-state index contributed by atoms with van der Waals surface area (Å²) in [7, 11) is 1.31. The van der Waals surface area contributed by atoms with Crippen LogP contribution in [0.3, 0.4) is 0 Å². The number of hydrogen-bond acceptors (Lipinski definition) is 5. The lowest BCUT2D eigenvalue weighted by atomic mass is 9.68. The van der Waals surface area contributed by atoms with Crippen LogP contribution < -0.4 is 5.32 Å². The number of alkyl halides is 1. The molecule has 0 radical (unpaired) electrons. The van der Waals surface area contributed by atoms with E-state index in [-0.39, 0.29) is 11.3 Å². The second-order valence-corrected chi connectivity index (χ2v) is 13.0. The number of carbonyl (C=O) groups is 1. The minimum absolute atomic E-state index is 0.103. The Morgan fingerprint density at radius 3 is 2.47 bits per heavy atom. The van der Waals surface area contributed by atoms with E-state index in [2.05, 4.69) is 23.3 Å². The minimum Gasteiger partial charge on any atom is -0.351 e. The van der Waals surface area contributed by atoms with E-state index in [1.54, 1.807) is 31.9 Å². The lowest BCUT2D eigenvalue weighted by molar-refractivity contribution is -0.116. The topological polar surface area (TPSA) is 53.9 Å². The van der Waals surface area contributed by atoms with Crippen molar-refractivity contribution >= 4 is 39.6 Å². The van der Waals surface area contributed by atoms with Crippen molar-refractivity contribution < 1.29 is 18.4 Å². The number of carbonyl (C=O) groups excluding carboxylic acids is 1. The first-order valence-electron chi connectivity index (χ1n) is 12.7. The first kappa shape index (κ1) is 30.3. The molecule has 0 spiro atoms. The standard InChI is InChI=1S/C21H29F2N3O2S.C8H9Cl/c1-13-9-15(16(22)10-17(13)29(6)8-7-14(2)27)18-25-28-19(26(18)5)24-21(4)11-20(3,23)12-21;1-2-7-3-5-8(9)6-4-7/h9-10,19,24H,6-8,11-12H2,1-5H3;3-6H,2H2,1H3. The molecule has 1 aliphatic carbocycles. The molecular weight excluding hydrogens is 528 g/mol. The molecule has 2 aromatic rings. The van der Waals surface area contributed by atoms with E-state index in [4.69, 9.17) is 16.4 Å². The highest BCUT2D eigenvalue weighted by Gasteiger charge is 2.51. The molecule has 0 amide bonds. The number of nitrogens with one attached hydrogen (secondary N) is 1. The maximum atomic E-state index is 14.9. The van der Waals surface area contributed by atoms with Gasteiger partial charge < -0.3 is 9.74 Å². The number of oxime groups is 1. The van der Waals surface area contributed by atoms with E-state index in [0.29, 0.717) is 36.4 Å². The Balaban J connectivity index is 0.000000375. The van der Waals surface area contributed by atoms with Crippen LogP contribution in [0, 0.1) is 12.7 Å². The number of benzene rings is 2. The number of amidine groups is 1. The molecule has 1 aliphatic heterocycles. The van der Waals surface area contributed by atoms with Crippen LogP contribution in [0.2, 0.25) is 5.02 Å². The summed E-state index contributed by atoms with van der Waals surface area (Å²) in [5, 5.41) is 8.16. The van der Waals surface area contributed by atoms with Gasteiger partial charge in [0, 0.05) is 28.9 Å². The molecule has 2 aromatic carbocycles. The molecule has 1 N–H and O–H groups in total. The molecule has 38 heavy (non-hydrogen) atoms. The average Bonchev–Trinajstić information content (AvgIpc) is 3.17. The molecule has 9 heteroatoms. The monoisotopic (exact) mass is 565 g/mol. The van der Waals surface area contributed by atoms with Crippen molar-refractivity contribution in [2.24, 2.45) is 5.16 Å². The van der Waals surface area contributed by atoms with Gasteiger partial charge in [-0.25, -0.2) is 8.78 Å². The van der Waals surface area contributed by atoms with Crippen LogP contribution in [0.1, 0.15) is 63.6 Å². The highest BCUT2D eigenvalue weighted by atomic mass is 35.5. The fourth-order valence-electron chi connectivity index (χ4n) is 4.93. The Labute approximate surface area is 232 Å². The Hall–Kier alpha value is -2.29. The van der Waals surface area contributed by atoms with Crippen molar-refractivity contribution in [3.63, 3.8) is 0 Å². The molecule has 1 fully saturated rings. The van der Waals surface area contributed by atoms with Crippen molar-refractivity contribution in [3.05, 3.63) is 63.9 Å². The average molecular weight is 566 g/mol. The third-order valence-electron chi connectivity index (χ3n) is 6.75. The van der Waals surface area contributed by atoms with Crippen LogP contribution in [0.4, 0.5) is 8.78 Å². The lowest BCUT2D eigenvalue weighted by Crippen LogP contribution is -2.64. The summed E-state index contributed by atoms with van der Waals surface area (Å²) in [5.41, 5.74) is 1.02. The quantitative estimate of drug-likeness (QED) is 0.356. The zero-order valence-electron chi connectivity index (χ0n) is 23.0. The molecule has 2 aliphatic rings. The molecule has 2 atom stereocenters. The predicted molar refractivity (Wildman–Crippen MR) is 155 cm³/mol. The van der Waals surface area contributed by atoms with Gasteiger partial charge in [0.1, 0.15) is 17.3 Å². The minimum atomic E-state index is -1.17. The highest BCUT2D eigenvalue weighted by molar-refractivity contribution is 8.14. The fourth-order valence-corrected chi connectivity index (χ4v) is 6.59. The second-order valence-electron chi connectivity index (χ2n) is 10.7. The normalized spacial score (nSPS) is 25.0. The van der Waals surface area contributed by atoms with Crippen LogP contribution in [-0.4, -0.2) is 52.7 Å². The SMILES string of the molecule is C=S(CCC(C)=O)c1cc(F)c(C2=NOC(NC3(C)CC(C)(F)C3)N2C)cc1C.CCc1ccc(Cl)cc1. The molecule has 1 heterocycles. The Kier molecular flexibility index (Phi) is 9.76. The third kappa shape index (κ3) is 7.64. The van der Waals surface area contributed by atoms with E-state index >= 15 is 0 Å². The number of hydrogen-bond donors (Lipinski definition) is 1. The van der Waals surface area contributed by atoms with E-state index in [9.17, 15) is 13.6 Å².